The Morgan fingerprint density at radius 2 is 1.94 bits per heavy atom. The number of rotatable bonds is 5. The lowest BCUT2D eigenvalue weighted by Gasteiger charge is -2.25. The molecule has 0 unspecified atom stereocenters. The van der Waals surface area contributed by atoms with Crippen molar-refractivity contribution in [2.45, 2.75) is 13.8 Å². The first kappa shape index (κ1) is 12.9. The van der Waals surface area contributed by atoms with Gasteiger partial charge in [-0.25, -0.2) is 4.39 Å². The van der Waals surface area contributed by atoms with E-state index in [2.05, 4.69) is 5.32 Å². The molecule has 0 fully saturated rings. The highest BCUT2D eigenvalue weighted by molar-refractivity contribution is 5.46. The Hall–Kier alpha value is -1.13. The molecule has 0 bridgehead atoms. The van der Waals surface area contributed by atoms with Gasteiger partial charge in [0.2, 0.25) is 0 Å². The molecular formula is C12H18FNO2. The molecule has 1 rings (SSSR count). The summed E-state index contributed by atoms with van der Waals surface area (Å²) in [5, 5.41) is 21.3. The smallest absolute Gasteiger partial charge is 0.126 e. The quantitative estimate of drug-likeness (QED) is 0.715. The van der Waals surface area contributed by atoms with E-state index in [4.69, 9.17) is 10.2 Å². The molecule has 0 aliphatic carbocycles. The number of aliphatic hydroxyl groups is 2. The van der Waals surface area contributed by atoms with Crippen LogP contribution in [0.15, 0.2) is 18.2 Å². The van der Waals surface area contributed by atoms with Crippen LogP contribution in [0.2, 0.25) is 0 Å². The first-order chi connectivity index (χ1) is 7.50. The molecule has 0 spiro atoms. The van der Waals surface area contributed by atoms with E-state index in [0.717, 1.165) is 5.69 Å². The fraction of sp³-hybridized carbons (Fsp3) is 0.500. The Labute approximate surface area is 94.9 Å². The van der Waals surface area contributed by atoms with Gasteiger partial charge in [-0.15, -0.1) is 0 Å². The maximum absolute atomic E-state index is 13.0. The first-order valence-corrected chi connectivity index (χ1v) is 5.22. The second-order valence-electron chi connectivity index (χ2n) is 4.44. The fourth-order valence-electron chi connectivity index (χ4n) is 1.23. The minimum Gasteiger partial charge on any atom is -0.396 e. The van der Waals surface area contributed by atoms with Crippen LogP contribution in [0.5, 0.6) is 0 Å². The van der Waals surface area contributed by atoms with E-state index >= 15 is 0 Å². The summed E-state index contributed by atoms with van der Waals surface area (Å²) in [5.41, 5.74) is 0.786. The second-order valence-corrected chi connectivity index (χ2v) is 4.44. The lowest BCUT2D eigenvalue weighted by molar-refractivity contribution is 0.0806. The number of aliphatic hydroxyl groups excluding tert-OH is 2. The zero-order valence-corrected chi connectivity index (χ0v) is 9.63. The molecular weight excluding hydrogens is 209 g/mol. The third-order valence-corrected chi connectivity index (χ3v) is 2.64. The number of nitrogens with one attached hydrogen (secondary N) is 1. The standard InChI is InChI=1S/C12H18FNO2/c1-9-5-10(3-4-11(9)13)14-6-12(2,7-15)8-16/h3-5,14-16H,6-8H2,1-2H3. The average Bonchev–Trinajstić information content (AvgIpc) is 2.30. The molecule has 3 nitrogen and oxygen atoms in total. The van der Waals surface area contributed by atoms with Gasteiger partial charge in [-0.2, -0.15) is 0 Å². The first-order valence-electron chi connectivity index (χ1n) is 5.22. The Kier molecular flexibility index (Phi) is 4.26. The van der Waals surface area contributed by atoms with Crippen LogP contribution in [0.4, 0.5) is 10.1 Å². The van der Waals surface area contributed by atoms with Gasteiger partial charge in [-0.3, -0.25) is 0 Å². The van der Waals surface area contributed by atoms with Crippen molar-refractivity contribution < 1.29 is 14.6 Å². The molecule has 0 aliphatic heterocycles. The van der Waals surface area contributed by atoms with E-state index in [1.807, 2.05) is 0 Å². The molecule has 0 aromatic heterocycles. The van der Waals surface area contributed by atoms with E-state index in [0.29, 0.717) is 12.1 Å². The molecule has 0 amide bonds. The number of hydrogen-bond acceptors (Lipinski definition) is 3. The maximum Gasteiger partial charge on any atom is 0.126 e. The van der Waals surface area contributed by atoms with Gasteiger partial charge < -0.3 is 15.5 Å². The molecule has 0 saturated carbocycles. The van der Waals surface area contributed by atoms with Crippen LogP contribution in [0.25, 0.3) is 0 Å². The third kappa shape index (κ3) is 3.18. The van der Waals surface area contributed by atoms with Crippen LogP contribution in [-0.4, -0.2) is 30.0 Å². The van der Waals surface area contributed by atoms with Crippen molar-refractivity contribution in [3.8, 4) is 0 Å². The zero-order valence-electron chi connectivity index (χ0n) is 9.63. The lowest BCUT2D eigenvalue weighted by atomic mass is 9.93. The largest absolute Gasteiger partial charge is 0.396 e. The van der Waals surface area contributed by atoms with Gasteiger partial charge in [-0.1, -0.05) is 6.92 Å². The highest BCUT2D eigenvalue weighted by atomic mass is 19.1. The van der Waals surface area contributed by atoms with Crippen molar-refractivity contribution in [1.29, 1.82) is 0 Å². The summed E-state index contributed by atoms with van der Waals surface area (Å²) in [5.74, 6) is -0.238. The predicted molar refractivity (Wildman–Crippen MR) is 61.9 cm³/mol. The second kappa shape index (κ2) is 5.27. The van der Waals surface area contributed by atoms with Crippen LogP contribution in [0, 0.1) is 18.2 Å². The SMILES string of the molecule is Cc1cc(NCC(C)(CO)CO)ccc1F. The van der Waals surface area contributed by atoms with E-state index in [-0.39, 0.29) is 19.0 Å². The molecule has 0 aliphatic rings. The highest BCUT2D eigenvalue weighted by Crippen LogP contribution is 2.18. The van der Waals surface area contributed by atoms with Crippen LogP contribution < -0.4 is 5.32 Å². The van der Waals surface area contributed by atoms with E-state index in [1.54, 1.807) is 26.0 Å². The fourth-order valence-corrected chi connectivity index (χ4v) is 1.23. The summed E-state index contributed by atoms with van der Waals surface area (Å²) >= 11 is 0. The Bertz CT molecular complexity index is 351. The lowest BCUT2D eigenvalue weighted by Crippen LogP contribution is -2.34. The summed E-state index contributed by atoms with van der Waals surface area (Å²) in [6, 6.07) is 4.73. The van der Waals surface area contributed by atoms with Crippen LogP contribution >= 0.6 is 0 Å². The molecule has 0 radical (unpaired) electrons. The predicted octanol–water partition coefficient (Wildman–Crippen LogP) is 1.54. The number of aryl methyl sites for hydroxylation is 1. The molecule has 1 aromatic carbocycles. The van der Waals surface area contributed by atoms with Crippen molar-refractivity contribution in [1.82, 2.24) is 0 Å². The number of anilines is 1. The van der Waals surface area contributed by atoms with Crippen molar-refractivity contribution in [2.75, 3.05) is 25.1 Å². The van der Waals surface area contributed by atoms with E-state index in [9.17, 15) is 4.39 Å². The van der Waals surface area contributed by atoms with Crippen molar-refractivity contribution in [2.24, 2.45) is 5.41 Å². The Balaban J connectivity index is 2.64. The molecule has 3 N–H and O–H groups in total. The van der Waals surface area contributed by atoms with Crippen LogP contribution in [0.1, 0.15) is 12.5 Å². The van der Waals surface area contributed by atoms with Gasteiger partial charge in [0.05, 0.1) is 13.2 Å². The minimum absolute atomic E-state index is 0.101. The van der Waals surface area contributed by atoms with Gasteiger partial charge in [0.1, 0.15) is 5.82 Å². The van der Waals surface area contributed by atoms with Crippen molar-refractivity contribution in [3.63, 3.8) is 0 Å². The van der Waals surface area contributed by atoms with Crippen LogP contribution in [-0.2, 0) is 0 Å². The van der Waals surface area contributed by atoms with E-state index in [1.165, 1.54) is 6.07 Å². The molecule has 0 saturated heterocycles. The zero-order chi connectivity index (χ0) is 12.2. The summed E-state index contributed by atoms with van der Waals surface area (Å²) < 4.78 is 13.0. The van der Waals surface area contributed by atoms with Gasteiger partial charge in [0.25, 0.3) is 0 Å². The monoisotopic (exact) mass is 227 g/mol. The van der Waals surface area contributed by atoms with Gasteiger partial charge in [-0.05, 0) is 30.7 Å². The maximum atomic E-state index is 13.0. The topological polar surface area (TPSA) is 52.5 Å². The molecule has 0 heterocycles. The van der Waals surface area contributed by atoms with E-state index < -0.39 is 5.41 Å². The summed E-state index contributed by atoms with van der Waals surface area (Å²) in [6.07, 6.45) is 0. The minimum atomic E-state index is -0.567. The van der Waals surface area contributed by atoms with Crippen LogP contribution in [0.3, 0.4) is 0 Å². The Morgan fingerprint density at radius 3 is 2.44 bits per heavy atom. The molecule has 0 atom stereocenters. The average molecular weight is 227 g/mol. The molecule has 90 valence electrons. The summed E-state index contributed by atoms with van der Waals surface area (Å²) in [4.78, 5) is 0. The molecule has 4 heteroatoms. The van der Waals surface area contributed by atoms with Crippen molar-refractivity contribution in [3.05, 3.63) is 29.6 Å². The Morgan fingerprint density at radius 1 is 1.31 bits per heavy atom. The molecule has 1 aromatic rings. The number of benzene rings is 1. The number of halogens is 1. The number of hydrogen-bond donors (Lipinski definition) is 3. The van der Waals surface area contributed by atoms with Gasteiger partial charge in [0.15, 0.2) is 0 Å². The summed E-state index contributed by atoms with van der Waals surface area (Å²) in [6.45, 7) is 3.70. The molecule has 16 heavy (non-hydrogen) atoms. The summed E-state index contributed by atoms with van der Waals surface area (Å²) in [7, 11) is 0. The van der Waals surface area contributed by atoms with Crippen molar-refractivity contribution >= 4 is 5.69 Å². The van der Waals surface area contributed by atoms with Gasteiger partial charge >= 0.3 is 0 Å². The van der Waals surface area contributed by atoms with Gasteiger partial charge in [0, 0.05) is 17.6 Å². The third-order valence-electron chi connectivity index (χ3n) is 2.64. The highest BCUT2D eigenvalue weighted by Gasteiger charge is 2.21. The normalized spacial score (nSPS) is 11.6.